The Labute approximate surface area is 141 Å². The fraction of sp³-hybridized carbons (Fsp3) is 0.556. The zero-order valence-electron chi connectivity index (χ0n) is 14.1. The molecule has 6 heteroatoms. The second-order valence-electron chi connectivity index (χ2n) is 7.25. The zero-order valence-corrected chi connectivity index (χ0v) is 14.1. The van der Waals surface area contributed by atoms with Crippen LogP contribution in [-0.4, -0.2) is 33.3 Å². The lowest BCUT2D eigenvalue weighted by atomic mass is 9.91. The molecule has 0 unspecified atom stereocenters. The first kappa shape index (κ1) is 15.1. The topological polar surface area (TPSA) is 81.5 Å². The molecule has 0 aromatic carbocycles. The number of aromatic nitrogens is 4. The molecule has 0 bridgehead atoms. The van der Waals surface area contributed by atoms with E-state index in [0.29, 0.717) is 23.3 Å². The van der Waals surface area contributed by atoms with Gasteiger partial charge in [0.2, 0.25) is 0 Å². The van der Waals surface area contributed by atoms with E-state index in [-0.39, 0.29) is 0 Å². The molecule has 0 radical (unpaired) electrons. The third-order valence-electron chi connectivity index (χ3n) is 5.24. The van der Waals surface area contributed by atoms with Crippen molar-refractivity contribution in [3.05, 3.63) is 35.7 Å². The summed E-state index contributed by atoms with van der Waals surface area (Å²) < 4.78 is 0. The van der Waals surface area contributed by atoms with Gasteiger partial charge >= 0.3 is 0 Å². The van der Waals surface area contributed by atoms with Crippen LogP contribution in [0, 0.1) is 23.2 Å². The van der Waals surface area contributed by atoms with Gasteiger partial charge in [0.1, 0.15) is 11.9 Å². The first-order valence-electron chi connectivity index (χ1n) is 8.68. The van der Waals surface area contributed by atoms with Gasteiger partial charge in [0.15, 0.2) is 5.82 Å². The summed E-state index contributed by atoms with van der Waals surface area (Å²) in [5.41, 5.74) is 1.64. The monoisotopic (exact) mass is 322 g/mol. The average Bonchev–Trinajstić information content (AvgIpc) is 3.15. The summed E-state index contributed by atoms with van der Waals surface area (Å²) >= 11 is 0. The van der Waals surface area contributed by atoms with Gasteiger partial charge in [0.05, 0.1) is 17.4 Å². The zero-order chi connectivity index (χ0) is 16.7. The smallest absolute Gasteiger partial charge is 0.153 e. The number of nitrogens with one attached hydrogen (secondary N) is 1. The molecule has 1 saturated heterocycles. The SMILES string of the molecule is CC(C)c1n[nH]c([C@H]2CN(c3cnccc3C#N)C[C@@H]2C2CC2)n1. The van der Waals surface area contributed by atoms with Crippen molar-refractivity contribution < 1.29 is 0 Å². The van der Waals surface area contributed by atoms with Gasteiger partial charge in [-0.05, 0) is 30.7 Å². The lowest BCUT2D eigenvalue weighted by Crippen LogP contribution is -2.21. The molecule has 2 aliphatic rings. The maximum atomic E-state index is 9.38. The fourth-order valence-electron chi connectivity index (χ4n) is 3.76. The van der Waals surface area contributed by atoms with Crippen LogP contribution in [0.4, 0.5) is 5.69 Å². The maximum absolute atomic E-state index is 9.38. The van der Waals surface area contributed by atoms with Crippen molar-refractivity contribution in [3.63, 3.8) is 0 Å². The number of pyridine rings is 1. The third kappa shape index (κ3) is 2.64. The summed E-state index contributed by atoms with van der Waals surface area (Å²) in [6.45, 7) is 6.06. The van der Waals surface area contributed by atoms with Crippen LogP contribution in [-0.2, 0) is 0 Å². The van der Waals surface area contributed by atoms with Crippen LogP contribution in [0.1, 0.15) is 55.7 Å². The number of anilines is 1. The quantitative estimate of drug-likeness (QED) is 0.936. The van der Waals surface area contributed by atoms with Crippen LogP contribution >= 0.6 is 0 Å². The molecule has 3 heterocycles. The Balaban J connectivity index is 1.63. The van der Waals surface area contributed by atoms with Crippen LogP contribution < -0.4 is 4.90 Å². The van der Waals surface area contributed by atoms with Gasteiger partial charge in [-0.1, -0.05) is 13.8 Å². The summed E-state index contributed by atoms with van der Waals surface area (Å²) in [7, 11) is 0. The highest BCUT2D eigenvalue weighted by atomic mass is 15.2. The fourth-order valence-corrected chi connectivity index (χ4v) is 3.76. The molecule has 124 valence electrons. The highest BCUT2D eigenvalue weighted by molar-refractivity contribution is 5.58. The van der Waals surface area contributed by atoms with Gasteiger partial charge in [-0.3, -0.25) is 10.1 Å². The molecule has 0 spiro atoms. The summed E-state index contributed by atoms with van der Waals surface area (Å²) in [4.78, 5) is 11.3. The molecule has 2 fully saturated rings. The van der Waals surface area contributed by atoms with Crippen LogP contribution in [0.25, 0.3) is 0 Å². The van der Waals surface area contributed by atoms with E-state index < -0.39 is 0 Å². The van der Waals surface area contributed by atoms with E-state index in [9.17, 15) is 5.26 Å². The van der Waals surface area contributed by atoms with Crippen LogP contribution in [0.3, 0.4) is 0 Å². The molecule has 1 saturated carbocycles. The van der Waals surface area contributed by atoms with Gasteiger partial charge in [-0.15, -0.1) is 0 Å². The molecule has 6 nitrogen and oxygen atoms in total. The third-order valence-corrected chi connectivity index (χ3v) is 5.24. The standard InChI is InChI=1S/C18H22N6/c1-11(2)17-21-18(23-22-17)15-10-24(9-14(15)12-3-4-12)16-8-20-6-5-13(16)7-19/h5-6,8,11-12,14-15H,3-4,9-10H2,1-2H3,(H,21,22,23)/t14-,15+/m1/s1. The molecule has 1 aliphatic heterocycles. The average molecular weight is 322 g/mol. The lowest BCUT2D eigenvalue weighted by Gasteiger charge is -2.19. The minimum Gasteiger partial charge on any atom is -0.368 e. The Morgan fingerprint density at radius 1 is 1.33 bits per heavy atom. The molecule has 2 atom stereocenters. The second kappa shape index (κ2) is 5.90. The summed E-state index contributed by atoms with van der Waals surface area (Å²) in [6, 6.07) is 4.08. The molecular weight excluding hydrogens is 300 g/mol. The number of nitrogens with zero attached hydrogens (tertiary/aromatic N) is 5. The van der Waals surface area contributed by atoms with E-state index in [0.717, 1.165) is 36.3 Å². The molecule has 24 heavy (non-hydrogen) atoms. The normalized spacial score (nSPS) is 23.7. The first-order chi connectivity index (χ1) is 11.7. The van der Waals surface area contributed by atoms with Crippen molar-refractivity contribution >= 4 is 5.69 Å². The Bertz CT molecular complexity index is 770. The van der Waals surface area contributed by atoms with Crippen molar-refractivity contribution in [3.8, 4) is 6.07 Å². The first-order valence-corrected chi connectivity index (χ1v) is 8.68. The van der Waals surface area contributed by atoms with Gasteiger partial charge < -0.3 is 4.90 Å². The van der Waals surface area contributed by atoms with Crippen molar-refractivity contribution in [2.45, 2.75) is 38.5 Å². The van der Waals surface area contributed by atoms with E-state index in [1.807, 2.05) is 6.20 Å². The minimum atomic E-state index is 0.329. The highest BCUT2D eigenvalue weighted by Gasteiger charge is 2.44. The Morgan fingerprint density at radius 2 is 2.17 bits per heavy atom. The number of nitriles is 1. The highest BCUT2D eigenvalue weighted by Crippen LogP contribution is 2.48. The number of hydrogen-bond acceptors (Lipinski definition) is 5. The van der Waals surface area contributed by atoms with Gasteiger partial charge in [0.25, 0.3) is 0 Å². The molecule has 4 rings (SSSR count). The van der Waals surface area contributed by atoms with Gasteiger partial charge in [-0.25, -0.2) is 4.98 Å². The van der Waals surface area contributed by atoms with E-state index >= 15 is 0 Å². The van der Waals surface area contributed by atoms with Crippen molar-refractivity contribution in [1.29, 1.82) is 5.26 Å². The summed E-state index contributed by atoms with van der Waals surface area (Å²) in [6.07, 6.45) is 6.10. The second-order valence-corrected chi connectivity index (χ2v) is 7.25. The lowest BCUT2D eigenvalue weighted by molar-refractivity contribution is 0.444. The molecule has 2 aromatic heterocycles. The number of rotatable bonds is 4. The molecule has 1 N–H and O–H groups in total. The number of H-pyrrole nitrogens is 1. The molecule has 1 aliphatic carbocycles. The van der Waals surface area contributed by atoms with E-state index in [4.69, 9.17) is 4.98 Å². The summed E-state index contributed by atoms with van der Waals surface area (Å²) in [5, 5.41) is 16.9. The van der Waals surface area contributed by atoms with E-state index in [1.54, 1.807) is 12.3 Å². The Kier molecular flexibility index (Phi) is 3.72. The Morgan fingerprint density at radius 3 is 2.83 bits per heavy atom. The van der Waals surface area contributed by atoms with Gasteiger partial charge in [-0.2, -0.15) is 10.4 Å². The van der Waals surface area contributed by atoms with Crippen molar-refractivity contribution in [1.82, 2.24) is 20.2 Å². The molecule has 0 amide bonds. The predicted molar refractivity (Wildman–Crippen MR) is 90.6 cm³/mol. The van der Waals surface area contributed by atoms with E-state index in [2.05, 4.69) is 40.0 Å². The van der Waals surface area contributed by atoms with E-state index in [1.165, 1.54) is 12.8 Å². The number of hydrogen-bond donors (Lipinski definition) is 1. The van der Waals surface area contributed by atoms with Crippen molar-refractivity contribution in [2.24, 2.45) is 11.8 Å². The Hall–Kier alpha value is -2.42. The van der Waals surface area contributed by atoms with Crippen LogP contribution in [0.5, 0.6) is 0 Å². The number of aromatic amines is 1. The van der Waals surface area contributed by atoms with Crippen molar-refractivity contribution in [2.75, 3.05) is 18.0 Å². The minimum absolute atomic E-state index is 0.329. The van der Waals surface area contributed by atoms with Gasteiger partial charge in [0, 0.05) is 31.1 Å². The predicted octanol–water partition coefficient (Wildman–Crippen LogP) is 2.82. The molecule has 2 aromatic rings. The molecular formula is C18H22N6. The van der Waals surface area contributed by atoms with Crippen LogP contribution in [0.15, 0.2) is 18.5 Å². The maximum Gasteiger partial charge on any atom is 0.153 e. The van der Waals surface area contributed by atoms with Crippen LogP contribution in [0.2, 0.25) is 0 Å². The summed E-state index contributed by atoms with van der Waals surface area (Å²) in [5.74, 6) is 3.91. The largest absolute Gasteiger partial charge is 0.368 e.